The molecular weight excluding hydrogens is 393 g/mol. The lowest BCUT2D eigenvalue weighted by molar-refractivity contribution is 0.0610. The van der Waals surface area contributed by atoms with Gasteiger partial charge in [-0.3, -0.25) is 4.79 Å². The molecule has 2 nitrogen and oxygen atoms in total. The molecule has 1 saturated heterocycles. The van der Waals surface area contributed by atoms with Crippen LogP contribution in [-0.2, 0) is 0 Å². The minimum absolute atomic E-state index is 0.0585. The lowest BCUT2D eigenvalue weighted by atomic mass is 9.99. The zero-order chi connectivity index (χ0) is 13.8. The molecule has 1 unspecified atom stereocenters. The second-order valence-electron chi connectivity index (χ2n) is 4.75. The van der Waals surface area contributed by atoms with Crippen molar-refractivity contribution in [2.45, 2.75) is 31.7 Å². The van der Waals surface area contributed by atoms with Gasteiger partial charge in [-0.1, -0.05) is 43.5 Å². The fourth-order valence-corrected chi connectivity index (χ4v) is 3.79. The molecule has 1 aliphatic rings. The molecule has 104 valence electrons. The second-order valence-corrected chi connectivity index (χ2v) is 6.87. The van der Waals surface area contributed by atoms with Gasteiger partial charge in [-0.25, -0.2) is 0 Å². The summed E-state index contributed by atoms with van der Waals surface area (Å²) < 4.78 is 0.893. The number of piperidine rings is 1. The summed E-state index contributed by atoms with van der Waals surface area (Å²) in [6.07, 6.45) is 4.37. The summed E-state index contributed by atoms with van der Waals surface area (Å²) in [5.74, 6) is 0.0585. The number of nitrogens with zero attached hydrogens (tertiary/aromatic N) is 1. The third-order valence-corrected chi connectivity index (χ3v) is 4.76. The highest BCUT2D eigenvalue weighted by Crippen LogP contribution is 2.27. The SMILES string of the molecule is O=C(c1ccc(Br)cc1Cl)N1CCCCC1CCBr. The minimum atomic E-state index is 0.0585. The van der Waals surface area contributed by atoms with Gasteiger partial charge in [0, 0.05) is 22.4 Å². The van der Waals surface area contributed by atoms with Crippen LogP contribution in [0.25, 0.3) is 0 Å². The molecule has 0 spiro atoms. The van der Waals surface area contributed by atoms with E-state index in [0.717, 1.165) is 35.6 Å². The molecule has 1 amide bonds. The van der Waals surface area contributed by atoms with Gasteiger partial charge in [-0.2, -0.15) is 0 Å². The van der Waals surface area contributed by atoms with E-state index in [2.05, 4.69) is 31.9 Å². The number of amides is 1. The first-order chi connectivity index (χ1) is 9.13. The van der Waals surface area contributed by atoms with E-state index in [1.54, 1.807) is 12.1 Å². The largest absolute Gasteiger partial charge is 0.336 e. The third kappa shape index (κ3) is 3.73. The van der Waals surface area contributed by atoms with Crippen molar-refractivity contribution in [2.24, 2.45) is 0 Å². The summed E-state index contributed by atoms with van der Waals surface area (Å²) in [6.45, 7) is 0.836. The highest BCUT2D eigenvalue weighted by atomic mass is 79.9. The van der Waals surface area contributed by atoms with Crippen molar-refractivity contribution in [3.05, 3.63) is 33.3 Å². The maximum absolute atomic E-state index is 12.6. The van der Waals surface area contributed by atoms with Gasteiger partial charge >= 0.3 is 0 Å². The highest BCUT2D eigenvalue weighted by molar-refractivity contribution is 9.10. The Morgan fingerprint density at radius 2 is 2.21 bits per heavy atom. The van der Waals surface area contributed by atoms with E-state index in [1.807, 2.05) is 11.0 Å². The molecule has 0 N–H and O–H groups in total. The summed E-state index contributed by atoms with van der Waals surface area (Å²) in [7, 11) is 0. The van der Waals surface area contributed by atoms with Gasteiger partial charge in [0.05, 0.1) is 10.6 Å². The van der Waals surface area contributed by atoms with Crippen LogP contribution in [0.15, 0.2) is 22.7 Å². The Bertz CT molecular complexity index is 465. The van der Waals surface area contributed by atoms with Gasteiger partial charge in [-0.15, -0.1) is 0 Å². The Labute approximate surface area is 135 Å². The van der Waals surface area contributed by atoms with Crippen molar-refractivity contribution in [3.8, 4) is 0 Å². The van der Waals surface area contributed by atoms with Crippen molar-refractivity contribution in [2.75, 3.05) is 11.9 Å². The number of rotatable bonds is 3. The van der Waals surface area contributed by atoms with Crippen LogP contribution in [0.2, 0.25) is 5.02 Å². The van der Waals surface area contributed by atoms with Gasteiger partial charge in [0.1, 0.15) is 0 Å². The average Bonchev–Trinajstić information content (AvgIpc) is 2.39. The molecule has 2 rings (SSSR count). The van der Waals surface area contributed by atoms with E-state index >= 15 is 0 Å². The number of hydrogen-bond acceptors (Lipinski definition) is 1. The lowest BCUT2D eigenvalue weighted by Crippen LogP contribution is -2.44. The van der Waals surface area contributed by atoms with E-state index in [1.165, 1.54) is 6.42 Å². The topological polar surface area (TPSA) is 20.3 Å². The molecule has 0 aromatic heterocycles. The lowest BCUT2D eigenvalue weighted by Gasteiger charge is -2.35. The van der Waals surface area contributed by atoms with E-state index in [4.69, 9.17) is 11.6 Å². The number of carbonyl (C=O) groups is 1. The summed E-state index contributed by atoms with van der Waals surface area (Å²) >= 11 is 13.0. The van der Waals surface area contributed by atoms with Crippen LogP contribution in [0.1, 0.15) is 36.0 Å². The summed E-state index contributed by atoms with van der Waals surface area (Å²) in [5.41, 5.74) is 0.603. The minimum Gasteiger partial charge on any atom is -0.336 e. The maximum Gasteiger partial charge on any atom is 0.255 e. The van der Waals surface area contributed by atoms with Crippen molar-refractivity contribution in [1.29, 1.82) is 0 Å². The Morgan fingerprint density at radius 3 is 2.89 bits per heavy atom. The molecular formula is C14H16Br2ClNO. The smallest absolute Gasteiger partial charge is 0.255 e. The molecule has 1 atom stereocenters. The molecule has 1 heterocycles. The zero-order valence-corrected chi connectivity index (χ0v) is 14.5. The summed E-state index contributed by atoms with van der Waals surface area (Å²) in [5, 5.41) is 1.44. The van der Waals surface area contributed by atoms with Crippen LogP contribution in [0, 0.1) is 0 Å². The zero-order valence-electron chi connectivity index (χ0n) is 10.5. The van der Waals surface area contributed by atoms with Gasteiger partial charge < -0.3 is 4.90 Å². The molecule has 5 heteroatoms. The quantitative estimate of drug-likeness (QED) is 0.652. The predicted octanol–water partition coefficient (Wildman–Crippen LogP) is 4.88. The van der Waals surface area contributed by atoms with Crippen LogP contribution >= 0.6 is 43.5 Å². The number of halogens is 3. The van der Waals surface area contributed by atoms with Gasteiger partial charge in [0.15, 0.2) is 0 Å². The van der Waals surface area contributed by atoms with Crippen LogP contribution in [0.5, 0.6) is 0 Å². The molecule has 0 bridgehead atoms. The molecule has 1 fully saturated rings. The van der Waals surface area contributed by atoms with Crippen molar-refractivity contribution in [3.63, 3.8) is 0 Å². The van der Waals surface area contributed by atoms with Crippen molar-refractivity contribution in [1.82, 2.24) is 4.90 Å². The Kier molecular flexibility index (Phi) is 5.72. The van der Waals surface area contributed by atoms with Crippen molar-refractivity contribution >= 4 is 49.4 Å². The summed E-state index contributed by atoms with van der Waals surface area (Å²) in [6, 6.07) is 5.77. The molecule has 1 aliphatic heterocycles. The first-order valence-corrected chi connectivity index (χ1v) is 8.74. The molecule has 1 aromatic rings. The van der Waals surface area contributed by atoms with Crippen LogP contribution < -0.4 is 0 Å². The van der Waals surface area contributed by atoms with Gasteiger partial charge in [-0.05, 0) is 43.9 Å². The molecule has 0 saturated carbocycles. The van der Waals surface area contributed by atoms with E-state index in [9.17, 15) is 4.79 Å². The molecule has 0 radical (unpaired) electrons. The van der Waals surface area contributed by atoms with E-state index in [0.29, 0.717) is 16.6 Å². The number of benzene rings is 1. The Balaban J connectivity index is 2.21. The van der Waals surface area contributed by atoms with E-state index in [-0.39, 0.29) is 5.91 Å². The number of carbonyl (C=O) groups excluding carboxylic acids is 1. The monoisotopic (exact) mass is 407 g/mol. The highest BCUT2D eigenvalue weighted by Gasteiger charge is 2.27. The average molecular weight is 410 g/mol. The van der Waals surface area contributed by atoms with Crippen LogP contribution in [-0.4, -0.2) is 28.7 Å². The number of likely N-dealkylation sites (tertiary alicyclic amines) is 1. The standard InChI is InChI=1S/C14H16Br2ClNO/c15-7-6-11-3-1-2-8-18(11)14(19)12-5-4-10(16)9-13(12)17/h4-5,9,11H,1-3,6-8H2. The molecule has 1 aromatic carbocycles. The fraction of sp³-hybridized carbons (Fsp3) is 0.500. The second kappa shape index (κ2) is 7.09. The predicted molar refractivity (Wildman–Crippen MR) is 86.2 cm³/mol. The fourth-order valence-electron chi connectivity index (χ4n) is 2.51. The Morgan fingerprint density at radius 1 is 1.42 bits per heavy atom. The summed E-state index contributed by atoms with van der Waals surface area (Å²) in [4.78, 5) is 14.6. The normalized spacial score (nSPS) is 19.5. The van der Waals surface area contributed by atoms with Crippen LogP contribution in [0.3, 0.4) is 0 Å². The number of alkyl halides is 1. The van der Waals surface area contributed by atoms with Crippen molar-refractivity contribution < 1.29 is 4.79 Å². The Hall–Kier alpha value is -0.0600. The number of hydrogen-bond donors (Lipinski definition) is 0. The van der Waals surface area contributed by atoms with Gasteiger partial charge in [0.2, 0.25) is 0 Å². The van der Waals surface area contributed by atoms with Crippen LogP contribution in [0.4, 0.5) is 0 Å². The molecule has 19 heavy (non-hydrogen) atoms. The first-order valence-electron chi connectivity index (χ1n) is 6.45. The third-order valence-electron chi connectivity index (χ3n) is 3.49. The molecule has 0 aliphatic carbocycles. The van der Waals surface area contributed by atoms with E-state index < -0.39 is 0 Å². The first kappa shape index (κ1) is 15.3. The maximum atomic E-state index is 12.6. The van der Waals surface area contributed by atoms with Gasteiger partial charge in [0.25, 0.3) is 5.91 Å².